The van der Waals surface area contributed by atoms with Crippen molar-refractivity contribution in [3.8, 4) is 11.5 Å². The Morgan fingerprint density at radius 3 is 2.27 bits per heavy atom. The smallest absolute Gasteiger partial charge is 0.243 e. The van der Waals surface area contributed by atoms with Gasteiger partial charge in [-0.1, -0.05) is 85.5 Å². The van der Waals surface area contributed by atoms with Crippen LogP contribution in [0.5, 0.6) is 11.5 Å². The highest BCUT2D eigenvalue weighted by Crippen LogP contribution is 2.28. The number of nitrogens with zero attached hydrogens (tertiary/aromatic N) is 1. The minimum absolute atomic E-state index is 0.0454. The van der Waals surface area contributed by atoms with Crippen LogP contribution in [0.4, 0.5) is 0 Å². The number of aryl methyl sites for hydroxylation is 2. The van der Waals surface area contributed by atoms with Gasteiger partial charge in [0.25, 0.3) is 0 Å². The van der Waals surface area contributed by atoms with Gasteiger partial charge in [0.15, 0.2) is 11.5 Å². The first-order valence-electron chi connectivity index (χ1n) is 14.4. The molecule has 1 N–H and O–H groups in total. The fourth-order valence-corrected chi connectivity index (χ4v) is 5.54. The normalized spacial score (nSPS) is 14.3. The van der Waals surface area contributed by atoms with Crippen LogP contribution in [0.3, 0.4) is 0 Å². The van der Waals surface area contributed by atoms with E-state index in [1.54, 1.807) is 19.1 Å². The van der Waals surface area contributed by atoms with Crippen molar-refractivity contribution < 1.29 is 19.1 Å². The van der Waals surface area contributed by atoms with Gasteiger partial charge in [0.05, 0.1) is 14.2 Å². The van der Waals surface area contributed by atoms with Gasteiger partial charge in [-0.3, -0.25) is 9.59 Å². The van der Waals surface area contributed by atoms with Crippen LogP contribution in [0.1, 0.15) is 60.8 Å². The number of nitrogens with one attached hydrogen (secondary N) is 1. The van der Waals surface area contributed by atoms with Gasteiger partial charge in [-0.15, -0.1) is 0 Å². The predicted molar refractivity (Wildman–Crippen MR) is 159 cm³/mol. The van der Waals surface area contributed by atoms with Crippen molar-refractivity contribution in [2.75, 3.05) is 14.2 Å². The van der Waals surface area contributed by atoms with Crippen molar-refractivity contribution in [2.24, 2.45) is 0 Å². The quantitative estimate of drug-likeness (QED) is 0.303. The molecule has 3 aromatic rings. The second kappa shape index (κ2) is 14.5. The van der Waals surface area contributed by atoms with E-state index < -0.39 is 6.04 Å². The van der Waals surface area contributed by atoms with E-state index >= 15 is 0 Å². The van der Waals surface area contributed by atoms with E-state index in [4.69, 9.17) is 9.47 Å². The first kappa shape index (κ1) is 29.2. The lowest BCUT2D eigenvalue weighted by atomic mass is 9.94. The highest BCUT2D eigenvalue weighted by Gasteiger charge is 2.31. The molecule has 1 fully saturated rings. The Bertz CT molecular complexity index is 1250. The van der Waals surface area contributed by atoms with Crippen LogP contribution in [0, 0.1) is 6.92 Å². The fourth-order valence-electron chi connectivity index (χ4n) is 5.54. The van der Waals surface area contributed by atoms with Crippen molar-refractivity contribution in [3.63, 3.8) is 0 Å². The molecule has 3 aromatic carbocycles. The summed E-state index contributed by atoms with van der Waals surface area (Å²) in [6.07, 6.45) is 6.75. The summed E-state index contributed by atoms with van der Waals surface area (Å²) in [4.78, 5) is 29.7. The van der Waals surface area contributed by atoms with Gasteiger partial charge in [0.2, 0.25) is 11.8 Å². The Morgan fingerprint density at radius 1 is 0.850 bits per heavy atom. The van der Waals surface area contributed by atoms with Crippen molar-refractivity contribution in [3.05, 3.63) is 95.1 Å². The Kier molecular flexibility index (Phi) is 10.6. The lowest BCUT2D eigenvalue weighted by Gasteiger charge is -2.33. The number of rotatable bonds is 12. The lowest BCUT2D eigenvalue weighted by Crippen LogP contribution is -2.52. The van der Waals surface area contributed by atoms with Crippen LogP contribution < -0.4 is 14.8 Å². The van der Waals surface area contributed by atoms with Gasteiger partial charge in [0, 0.05) is 25.4 Å². The number of ether oxygens (including phenoxy) is 2. The van der Waals surface area contributed by atoms with E-state index in [0.717, 1.165) is 47.9 Å². The zero-order valence-corrected chi connectivity index (χ0v) is 24.0. The van der Waals surface area contributed by atoms with Crippen LogP contribution in [0.2, 0.25) is 0 Å². The van der Waals surface area contributed by atoms with E-state index in [9.17, 15) is 9.59 Å². The van der Waals surface area contributed by atoms with Crippen LogP contribution >= 0.6 is 0 Å². The topological polar surface area (TPSA) is 67.9 Å². The van der Waals surface area contributed by atoms with Gasteiger partial charge >= 0.3 is 0 Å². The molecule has 2 amide bonds. The molecule has 1 atom stereocenters. The number of benzene rings is 3. The van der Waals surface area contributed by atoms with Gasteiger partial charge in [0.1, 0.15) is 6.04 Å². The number of carbonyl (C=O) groups is 2. The van der Waals surface area contributed by atoms with E-state index in [1.165, 1.54) is 6.42 Å². The van der Waals surface area contributed by atoms with Crippen molar-refractivity contribution >= 4 is 11.8 Å². The SMILES string of the molecule is COc1ccc(CCC(=O)N(Cc2cccc(C)c2)C(Cc2ccccc2)C(=O)NC2CCCCC2)cc1OC. The number of amides is 2. The molecule has 1 aliphatic rings. The third-order valence-corrected chi connectivity index (χ3v) is 7.73. The number of hydrogen-bond acceptors (Lipinski definition) is 4. The predicted octanol–water partition coefficient (Wildman–Crippen LogP) is 6.03. The molecule has 6 nitrogen and oxygen atoms in total. The summed E-state index contributed by atoms with van der Waals surface area (Å²) in [7, 11) is 3.21. The summed E-state index contributed by atoms with van der Waals surface area (Å²) in [6.45, 7) is 2.42. The van der Waals surface area contributed by atoms with Crippen LogP contribution in [-0.4, -0.2) is 43.0 Å². The summed E-state index contributed by atoms with van der Waals surface area (Å²) in [5.74, 6) is 1.18. The molecule has 1 saturated carbocycles. The van der Waals surface area contributed by atoms with Gasteiger partial charge in [-0.05, 0) is 55.0 Å². The van der Waals surface area contributed by atoms with E-state index in [1.807, 2.05) is 73.7 Å². The molecule has 0 spiro atoms. The Hall–Kier alpha value is -3.80. The average molecular weight is 543 g/mol. The number of hydrogen-bond donors (Lipinski definition) is 1. The third kappa shape index (κ3) is 8.10. The maximum absolute atomic E-state index is 14.0. The second-order valence-electron chi connectivity index (χ2n) is 10.7. The first-order valence-corrected chi connectivity index (χ1v) is 14.4. The molecule has 40 heavy (non-hydrogen) atoms. The molecule has 0 heterocycles. The summed E-state index contributed by atoms with van der Waals surface area (Å²) in [6, 6.07) is 23.4. The molecule has 212 valence electrons. The zero-order valence-electron chi connectivity index (χ0n) is 24.0. The summed E-state index contributed by atoms with van der Waals surface area (Å²) in [5.41, 5.74) is 4.16. The molecule has 6 heteroatoms. The maximum Gasteiger partial charge on any atom is 0.243 e. The Labute approximate surface area is 238 Å². The number of methoxy groups -OCH3 is 2. The van der Waals surface area contributed by atoms with Crippen molar-refractivity contribution in [1.29, 1.82) is 0 Å². The molecule has 0 aliphatic heterocycles. The molecule has 0 radical (unpaired) electrons. The van der Waals surface area contributed by atoms with Gasteiger partial charge < -0.3 is 19.7 Å². The largest absolute Gasteiger partial charge is 0.493 e. The molecular formula is C34H42N2O4. The minimum Gasteiger partial charge on any atom is -0.493 e. The molecular weight excluding hydrogens is 500 g/mol. The Balaban J connectivity index is 1.61. The standard InChI is InChI=1S/C34H42N2O4/c1-25-11-10-14-28(21-25)24-36(33(37)20-18-27-17-19-31(39-2)32(23-27)40-3)30(22-26-12-6-4-7-13-26)34(38)35-29-15-8-5-9-16-29/h4,6-7,10-14,17,19,21,23,29-30H,5,8-9,15-16,18,20,22,24H2,1-3H3,(H,35,38). The van der Waals surface area contributed by atoms with Crippen LogP contribution in [-0.2, 0) is 29.0 Å². The summed E-state index contributed by atoms with van der Waals surface area (Å²) < 4.78 is 10.8. The van der Waals surface area contributed by atoms with Gasteiger partial charge in [-0.25, -0.2) is 0 Å². The first-order chi connectivity index (χ1) is 19.5. The Morgan fingerprint density at radius 2 is 1.57 bits per heavy atom. The molecule has 0 saturated heterocycles. The number of carbonyl (C=O) groups excluding carboxylic acids is 2. The molecule has 1 aliphatic carbocycles. The fraction of sp³-hybridized carbons (Fsp3) is 0.412. The van der Waals surface area contributed by atoms with Crippen molar-refractivity contribution in [2.45, 2.75) is 76.9 Å². The highest BCUT2D eigenvalue weighted by molar-refractivity contribution is 5.88. The summed E-state index contributed by atoms with van der Waals surface area (Å²) >= 11 is 0. The van der Waals surface area contributed by atoms with Crippen LogP contribution in [0.15, 0.2) is 72.8 Å². The third-order valence-electron chi connectivity index (χ3n) is 7.73. The van der Waals surface area contributed by atoms with Gasteiger partial charge in [-0.2, -0.15) is 0 Å². The summed E-state index contributed by atoms with van der Waals surface area (Å²) in [5, 5.41) is 3.31. The van der Waals surface area contributed by atoms with E-state index in [0.29, 0.717) is 30.9 Å². The zero-order chi connectivity index (χ0) is 28.3. The molecule has 0 bridgehead atoms. The lowest BCUT2D eigenvalue weighted by molar-refractivity contribution is -0.141. The minimum atomic E-state index is -0.609. The van der Waals surface area contributed by atoms with Crippen molar-refractivity contribution in [1.82, 2.24) is 10.2 Å². The molecule has 4 rings (SSSR count). The van der Waals surface area contributed by atoms with E-state index in [2.05, 4.69) is 11.4 Å². The second-order valence-corrected chi connectivity index (χ2v) is 10.7. The molecule has 1 unspecified atom stereocenters. The van der Waals surface area contributed by atoms with Crippen LogP contribution in [0.25, 0.3) is 0 Å². The molecule has 0 aromatic heterocycles. The maximum atomic E-state index is 14.0. The highest BCUT2D eigenvalue weighted by atomic mass is 16.5. The van der Waals surface area contributed by atoms with E-state index in [-0.39, 0.29) is 24.3 Å². The average Bonchev–Trinajstić information content (AvgIpc) is 2.98. The monoisotopic (exact) mass is 542 g/mol.